The van der Waals surface area contributed by atoms with Gasteiger partial charge in [-0.3, -0.25) is 14.3 Å². The fourth-order valence-corrected chi connectivity index (χ4v) is 10.2. The van der Waals surface area contributed by atoms with Crippen molar-refractivity contribution in [2.24, 2.45) is 5.92 Å². The van der Waals surface area contributed by atoms with Crippen LogP contribution in [0.2, 0.25) is 0 Å². The number of aromatic nitrogens is 6. The number of nitrogens with zero attached hydrogens (tertiary/aromatic N) is 5. The summed E-state index contributed by atoms with van der Waals surface area (Å²) < 4.78 is 104. The number of benzene rings is 3. The number of amides is 2. The van der Waals surface area contributed by atoms with E-state index in [2.05, 4.69) is 47.8 Å². The van der Waals surface area contributed by atoms with Gasteiger partial charge in [0.2, 0.25) is 5.91 Å². The number of hydrogen-bond acceptors (Lipinski definition) is 8. The second-order valence-corrected chi connectivity index (χ2v) is 17.9. The lowest BCUT2D eigenvalue weighted by Gasteiger charge is -2.23. The number of hydrogen-bond donors (Lipinski definition) is 4. The Labute approximate surface area is 374 Å². The van der Waals surface area contributed by atoms with Gasteiger partial charge in [-0.05, 0) is 103 Å². The largest absolute Gasteiger partial charge is 0.435 e. The number of carbonyl (C=O) groups excluding carboxylic acids is 2. The molecule has 2 amide bonds. The summed E-state index contributed by atoms with van der Waals surface area (Å²) in [5.74, 6) is -2.07. The molecule has 1 saturated heterocycles. The van der Waals surface area contributed by atoms with Crippen LogP contribution in [0.1, 0.15) is 97.8 Å². The number of thiazole rings is 1. The second kappa shape index (κ2) is 15.6. The Balaban J connectivity index is 0.959. The van der Waals surface area contributed by atoms with Crippen molar-refractivity contribution in [2.45, 2.75) is 68.9 Å². The first-order valence-corrected chi connectivity index (χ1v) is 21.9. The summed E-state index contributed by atoms with van der Waals surface area (Å²) in [7, 11) is 0. The fraction of sp³-hybridized carbons (Fsp3) is 0.277. The van der Waals surface area contributed by atoms with Crippen molar-refractivity contribution in [1.29, 1.82) is 0 Å². The Hall–Kier alpha value is -6.91. The van der Waals surface area contributed by atoms with Gasteiger partial charge in [0, 0.05) is 40.8 Å². The minimum absolute atomic E-state index is 0.0691. The van der Waals surface area contributed by atoms with E-state index in [4.69, 9.17) is 4.98 Å². The molecule has 2 aliphatic carbocycles. The third-order valence-corrected chi connectivity index (χ3v) is 13.4. The zero-order valence-corrected chi connectivity index (χ0v) is 35.1. The molecule has 11 rings (SSSR count). The van der Waals surface area contributed by atoms with Crippen molar-refractivity contribution in [2.75, 3.05) is 6.54 Å². The third kappa shape index (κ3) is 7.56. The average molecular weight is 922 g/mol. The van der Waals surface area contributed by atoms with E-state index < -0.39 is 71.0 Å². The number of aromatic amines is 1. The minimum Gasteiger partial charge on any atom is -0.348 e. The van der Waals surface area contributed by atoms with Gasteiger partial charge in [0.25, 0.3) is 11.8 Å². The van der Waals surface area contributed by atoms with Crippen molar-refractivity contribution in [3.63, 3.8) is 0 Å². The maximum absolute atomic E-state index is 15.5. The lowest BCUT2D eigenvalue weighted by atomic mass is 9.93. The highest BCUT2D eigenvalue weighted by atomic mass is 32.1. The molecule has 2 fully saturated rings. The number of rotatable bonds is 9. The lowest BCUT2D eigenvalue weighted by molar-refractivity contribution is -0.142. The Morgan fingerprint density at radius 2 is 1.77 bits per heavy atom. The molecule has 2 aliphatic heterocycles. The number of pyridine rings is 1. The molecule has 0 radical (unpaired) electrons. The summed E-state index contributed by atoms with van der Waals surface area (Å²) in [5, 5.41) is 12.8. The summed E-state index contributed by atoms with van der Waals surface area (Å²) >= 11 is 1.22. The lowest BCUT2D eigenvalue weighted by Crippen LogP contribution is -2.35. The fourth-order valence-electron chi connectivity index (χ4n) is 9.39. The number of fused-ring (bicyclic) bond motifs is 5. The molecule has 2 unspecified atom stereocenters. The quantitative estimate of drug-likeness (QED) is 0.0840. The highest BCUT2D eigenvalue weighted by Crippen LogP contribution is 2.68. The topological polar surface area (TPSA) is 143 Å². The Bertz CT molecular complexity index is 3180. The van der Waals surface area contributed by atoms with Gasteiger partial charge in [-0.1, -0.05) is 30.2 Å². The van der Waals surface area contributed by atoms with E-state index >= 15 is 8.78 Å². The first-order valence-electron chi connectivity index (χ1n) is 21.1. The van der Waals surface area contributed by atoms with Crippen molar-refractivity contribution in [3.8, 4) is 34.2 Å². The first-order chi connectivity index (χ1) is 31.7. The molecule has 4 N–H and O–H groups in total. The van der Waals surface area contributed by atoms with E-state index in [9.17, 15) is 31.5 Å². The van der Waals surface area contributed by atoms with E-state index in [0.717, 1.165) is 54.2 Å². The molecule has 0 bridgehead atoms. The van der Waals surface area contributed by atoms with E-state index in [1.807, 2.05) is 24.3 Å². The number of halogens is 7. The maximum atomic E-state index is 15.5. The third-order valence-electron chi connectivity index (χ3n) is 12.5. The Morgan fingerprint density at radius 3 is 2.53 bits per heavy atom. The van der Waals surface area contributed by atoms with Gasteiger partial charge in [0.15, 0.2) is 16.3 Å². The summed E-state index contributed by atoms with van der Waals surface area (Å²) in [4.78, 5) is 44.3. The van der Waals surface area contributed by atoms with Crippen LogP contribution in [-0.2, 0) is 36.4 Å². The second-order valence-electron chi connectivity index (χ2n) is 16.9. The van der Waals surface area contributed by atoms with Gasteiger partial charge in [-0.2, -0.15) is 27.1 Å². The molecule has 1 saturated carbocycles. The smallest absolute Gasteiger partial charge is 0.348 e. The van der Waals surface area contributed by atoms with Crippen LogP contribution in [-0.4, -0.2) is 48.1 Å². The first kappa shape index (κ1) is 41.8. The average Bonchev–Trinajstić information content (AvgIpc) is 3.92. The molecule has 4 atom stereocenters. The van der Waals surface area contributed by atoms with Crippen LogP contribution in [0.5, 0.6) is 0 Å². The predicted octanol–water partition coefficient (Wildman–Crippen LogP) is 8.62. The zero-order valence-electron chi connectivity index (χ0n) is 34.3. The summed E-state index contributed by atoms with van der Waals surface area (Å²) in [6.07, 6.45) is -1.58. The maximum Gasteiger partial charge on any atom is 0.435 e. The molecule has 19 heteroatoms. The van der Waals surface area contributed by atoms with Crippen LogP contribution in [0.15, 0.2) is 72.9 Å². The van der Waals surface area contributed by atoms with E-state index in [0.29, 0.717) is 49.3 Å². The molecule has 7 aromatic rings. The van der Waals surface area contributed by atoms with E-state index in [1.165, 1.54) is 11.3 Å². The molecule has 0 spiro atoms. The zero-order chi connectivity index (χ0) is 45.6. The molecule has 4 aromatic heterocycles. The van der Waals surface area contributed by atoms with Gasteiger partial charge in [0.1, 0.15) is 29.7 Å². The van der Waals surface area contributed by atoms with Gasteiger partial charge >= 0.3 is 6.18 Å². The number of carbonyl (C=O) groups is 2. The Morgan fingerprint density at radius 1 is 0.985 bits per heavy atom. The van der Waals surface area contributed by atoms with Crippen LogP contribution in [0.4, 0.5) is 30.7 Å². The molecule has 11 nitrogen and oxygen atoms in total. The number of alkyl halides is 5. The standard InChI is InChI=1S/C47H34F7N9O2S/c48-27-12-23(13-28(49)16-27)14-34(58-37(64)21-63-42-39(41(62-63)47(52,53)54)31-17-32(31)46(42,50)51)40-29(25-8-9-26-19-57-45(65)30(26)15-25)18-36-44(61-40)60-38(66-36)10-5-22-3-6-24(7-4-22)35-20-56-43(59-35)33-2-1-11-55-33/h3-4,6-9,12-13,15-16,18,20,31-34,55H,1-2,11,14,17,19,21H2,(H,56,59)(H,57,65)(H,58,64)/t31-,32?,33?,34-/m0/s1. The van der Waals surface area contributed by atoms with E-state index in [-0.39, 0.29) is 41.7 Å². The molecular formula is C47H34F7N9O2S. The highest BCUT2D eigenvalue weighted by Gasteiger charge is 2.68. The minimum atomic E-state index is -5.05. The summed E-state index contributed by atoms with van der Waals surface area (Å²) in [6.45, 7) is 0.226. The number of imidazole rings is 1. The van der Waals surface area contributed by atoms with Crippen molar-refractivity contribution in [3.05, 3.63) is 140 Å². The number of nitrogens with one attached hydrogen (secondary N) is 4. The van der Waals surface area contributed by atoms with Crippen LogP contribution in [0, 0.1) is 29.4 Å². The highest BCUT2D eigenvalue weighted by molar-refractivity contribution is 7.19. The monoisotopic (exact) mass is 921 g/mol. The number of H-pyrrole nitrogens is 1. The van der Waals surface area contributed by atoms with Gasteiger partial charge in [-0.25, -0.2) is 23.7 Å². The SMILES string of the molecule is O=C(Cn1nc(C(F)(F)F)c2c1C(F)(F)C1C[C@H]21)N[C@@H](Cc1cc(F)cc(F)c1)c1nc2nc(C#Cc3ccc(-c4cnc(C5CCCN5)[nH]4)cc3)sc2cc1-c1ccc2c(c1)C(=O)NC2. The van der Waals surface area contributed by atoms with Crippen molar-refractivity contribution < 1.29 is 40.3 Å². The molecule has 66 heavy (non-hydrogen) atoms. The van der Waals surface area contributed by atoms with Crippen LogP contribution in [0.3, 0.4) is 0 Å². The van der Waals surface area contributed by atoms with Gasteiger partial charge < -0.3 is 20.9 Å². The van der Waals surface area contributed by atoms with Gasteiger partial charge in [0.05, 0.1) is 34.4 Å². The normalized spacial score (nSPS) is 19.5. The molecule has 6 heterocycles. The van der Waals surface area contributed by atoms with Crippen LogP contribution < -0.4 is 16.0 Å². The summed E-state index contributed by atoms with van der Waals surface area (Å²) in [5.41, 5.74) is 1.83. The molecule has 4 aliphatic rings. The van der Waals surface area contributed by atoms with Crippen molar-refractivity contribution in [1.82, 2.24) is 45.7 Å². The predicted molar refractivity (Wildman–Crippen MR) is 227 cm³/mol. The van der Waals surface area contributed by atoms with Crippen LogP contribution in [0.25, 0.3) is 32.7 Å². The Kier molecular flexibility index (Phi) is 9.89. The molecule has 3 aromatic carbocycles. The van der Waals surface area contributed by atoms with E-state index in [1.54, 1.807) is 30.5 Å². The van der Waals surface area contributed by atoms with Gasteiger partial charge in [-0.15, -0.1) is 11.3 Å². The molecule has 334 valence electrons. The van der Waals surface area contributed by atoms with Crippen LogP contribution >= 0.6 is 11.3 Å². The summed E-state index contributed by atoms with van der Waals surface area (Å²) in [6, 6.07) is 16.2. The molecular weight excluding hydrogens is 888 g/mol. The van der Waals surface area contributed by atoms with Crippen molar-refractivity contribution >= 4 is 33.5 Å².